The topological polar surface area (TPSA) is 32.3 Å². The molecule has 0 saturated carbocycles. The predicted molar refractivity (Wildman–Crippen MR) is 57.2 cm³/mol. The highest BCUT2D eigenvalue weighted by Gasteiger charge is 2.04. The standard InChI is InChI=1S/C11H15FN2O/c1-13-11(15)14(2)8-7-9-3-5-10(12)6-4-9/h3-6H,7-8H2,1-2H3,(H,13,15). The third-order valence-electron chi connectivity index (χ3n) is 2.21. The third-order valence-corrected chi connectivity index (χ3v) is 2.21. The number of carbonyl (C=O) groups excluding carboxylic acids is 1. The second kappa shape index (κ2) is 5.34. The first kappa shape index (κ1) is 11.5. The number of benzene rings is 1. The summed E-state index contributed by atoms with van der Waals surface area (Å²) in [6, 6.07) is 6.20. The van der Waals surface area contributed by atoms with Crippen molar-refractivity contribution in [2.45, 2.75) is 6.42 Å². The third kappa shape index (κ3) is 3.58. The molecular weight excluding hydrogens is 195 g/mol. The lowest BCUT2D eigenvalue weighted by atomic mass is 10.1. The maximum Gasteiger partial charge on any atom is 0.316 e. The van der Waals surface area contributed by atoms with Crippen LogP contribution in [0.1, 0.15) is 5.56 Å². The van der Waals surface area contributed by atoms with Crippen molar-refractivity contribution in [2.75, 3.05) is 20.6 Å². The van der Waals surface area contributed by atoms with Crippen molar-refractivity contribution in [1.29, 1.82) is 0 Å². The van der Waals surface area contributed by atoms with Crippen LogP contribution in [0.2, 0.25) is 0 Å². The number of halogens is 1. The summed E-state index contributed by atoms with van der Waals surface area (Å²) in [6.07, 6.45) is 0.726. The van der Waals surface area contributed by atoms with Gasteiger partial charge in [-0.05, 0) is 24.1 Å². The van der Waals surface area contributed by atoms with Crippen LogP contribution in [0.25, 0.3) is 0 Å². The van der Waals surface area contributed by atoms with Crippen LogP contribution in [0.15, 0.2) is 24.3 Å². The van der Waals surface area contributed by atoms with Gasteiger partial charge < -0.3 is 10.2 Å². The van der Waals surface area contributed by atoms with E-state index in [-0.39, 0.29) is 11.8 Å². The number of hydrogen-bond donors (Lipinski definition) is 1. The van der Waals surface area contributed by atoms with Crippen molar-refractivity contribution in [3.63, 3.8) is 0 Å². The van der Waals surface area contributed by atoms with Gasteiger partial charge in [0.15, 0.2) is 0 Å². The number of hydrogen-bond acceptors (Lipinski definition) is 1. The summed E-state index contributed by atoms with van der Waals surface area (Å²) in [5, 5.41) is 2.54. The molecule has 1 aromatic carbocycles. The number of urea groups is 1. The molecule has 0 unspecified atom stereocenters. The van der Waals surface area contributed by atoms with E-state index in [2.05, 4.69) is 5.32 Å². The van der Waals surface area contributed by atoms with Crippen LogP contribution in [0.5, 0.6) is 0 Å². The number of likely N-dealkylation sites (N-methyl/N-ethyl adjacent to an activating group) is 1. The molecule has 0 fully saturated rings. The fraction of sp³-hybridized carbons (Fsp3) is 0.364. The largest absolute Gasteiger partial charge is 0.341 e. The van der Waals surface area contributed by atoms with Gasteiger partial charge in [0.25, 0.3) is 0 Å². The molecular formula is C11H15FN2O. The molecule has 0 spiro atoms. The van der Waals surface area contributed by atoms with Crippen molar-refractivity contribution >= 4 is 6.03 Å². The Labute approximate surface area is 88.9 Å². The Kier molecular flexibility index (Phi) is 4.09. The minimum Gasteiger partial charge on any atom is -0.341 e. The number of carbonyl (C=O) groups is 1. The lowest BCUT2D eigenvalue weighted by Crippen LogP contribution is -2.36. The molecule has 82 valence electrons. The quantitative estimate of drug-likeness (QED) is 0.808. The van der Waals surface area contributed by atoms with E-state index in [4.69, 9.17) is 0 Å². The number of amides is 2. The molecule has 0 heterocycles. The Morgan fingerprint density at radius 1 is 1.40 bits per heavy atom. The lowest BCUT2D eigenvalue weighted by molar-refractivity contribution is 0.211. The maximum absolute atomic E-state index is 12.6. The molecule has 0 atom stereocenters. The predicted octanol–water partition coefficient (Wildman–Crippen LogP) is 1.64. The highest BCUT2D eigenvalue weighted by molar-refractivity contribution is 5.73. The number of rotatable bonds is 3. The highest BCUT2D eigenvalue weighted by atomic mass is 19.1. The molecule has 0 aliphatic rings. The molecule has 0 aromatic heterocycles. The zero-order valence-electron chi connectivity index (χ0n) is 8.96. The van der Waals surface area contributed by atoms with Gasteiger partial charge in [0.2, 0.25) is 0 Å². The summed E-state index contributed by atoms with van der Waals surface area (Å²) in [6.45, 7) is 0.616. The molecule has 0 aliphatic heterocycles. The molecule has 2 amide bonds. The van der Waals surface area contributed by atoms with Crippen LogP contribution < -0.4 is 5.32 Å². The highest BCUT2D eigenvalue weighted by Crippen LogP contribution is 2.04. The van der Waals surface area contributed by atoms with Gasteiger partial charge in [-0.15, -0.1) is 0 Å². The Morgan fingerprint density at radius 3 is 2.53 bits per heavy atom. The molecule has 1 aromatic rings. The van der Waals surface area contributed by atoms with Crippen LogP contribution in [0.3, 0.4) is 0 Å². The number of nitrogens with zero attached hydrogens (tertiary/aromatic N) is 1. The fourth-order valence-corrected chi connectivity index (χ4v) is 1.24. The van der Waals surface area contributed by atoms with Crippen LogP contribution in [0.4, 0.5) is 9.18 Å². The summed E-state index contributed by atoms with van der Waals surface area (Å²) in [5.41, 5.74) is 1.02. The SMILES string of the molecule is CNC(=O)N(C)CCc1ccc(F)cc1. The molecule has 0 radical (unpaired) electrons. The van der Waals surface area contributed by atoms with E-state index in [1.165, 1.54) is 12.1 Å². The maximum atomic E-state index is 12.6. The average molecular weight is 210 g/mol. The molecule has 0 bridgehead atoms. The summed E-state index contributed by atoms with van der Waals surface area (Å²) < 4.78 is 12.6. The molecule has 15 heavy (non-hydrogen) atoms. The molecule has 1 N–H and O–H groups in total. The van der Waals surface area contributed by atoms with E-state index in [0.717, 1.165) is 12.0 Å². The summed E-state index contributed by atoms with van der Waals surface area (Å²) >= 11 is 0. The summed E-state index contributed by atoms with van der Waals surface area (Å²) in [4.78, 5) is 12.7. The molecule has 3 nitrogen and oxygen atoms in total. The zero-order valence-corrected chi connectivity index (χ0v) is 8.96. The molecule has 1 rings (SSSR count). The zero-order chi connectivity index (χ0) is 11.3. The van der Waals surface area contributed by atoms with Crippen molar-refractivity contribution in [2.24, 2.45) is 0 Å². The van der Waals surface area contributed by atoms with E-state index in [9.17, 15) is 9.18 Å². The van der Waals surface area contributed by atoms with E-state index in [0.29, 0.717) is 6.54 Å². The smallest absolute Gasteiger partial charge is 0.316 e. The monoisotopic (exact) mass is 210 g/mol. The lowest BCUT2D eigenvalue weighted by Gasteiger charge is -2.16. The van der Waals surface area contributed by atoms with Gasteiger partial charge in [0.1, 0.15) is 5.82 Å². The van der Waals surface area contributed by atoms with Gasteiger partial charge in [-0.2, -0.15) is 0 Å². The van der Waals surface area contributed by atoms with Crippen molar-refractivity contribution in [1.82, 2.24) is 10.2 Å². The first-order valence-corrected chi connectivity index (χ1v) is 4.81. The summed E-state index contributed by atoms with van der Waals surface area (Å²) in [7, 11) is 3.32. The van der Waals surface area contributed by atoms with Gasteiger partial charge in [0, 0.05) is 20.6 Å². The minimum atomic E-state index is -0.238. The van der Waals surface area contributed by atoms with Gasteiger partial charge in [-0.3, -0.25) is 0 Å². The van der Waals surface area contributed by atoms with E-state index < -0.39 is 0 Å². The van der Waals surface area contributed by atoms with Crippen molar-refractivity contribution in [3.8, 4) is 0 Å². The van der Waals surface area contributed by atoms with Gasteiger partial charge in [0.05, 0.1) is 0 Å². The van der Waals surface area contributed by atoms with Crippen LogP contribution in [0, 0.1) is 5.82 Å². The Bertz CT molecular complexity index is 324. The van der Waals surface area contributed by atoms with E-state index in [1.54, 1.807) is 31.1 Å². The van der Waals surface area contributed by atoms with E-state index in [1.807, 2.05) is 0 Å². The second-order valence-electron chi connectivity index (χ2n) is 3.35. The molecule has 4 heteroatoms. The van der Waals surface area contributed by atoms with E-state index >= 15 is 0 Å². The van der Waals surface area contributed by atoms with Crippen molar-refractivity contribution < 1.29 is 9.18 Å². The second-order valence-corrected chi connectivity index (χ2v) is 3.35. The van der Waals surface area contributed by atoms with Gasteiger partial charge in [-0.1, -0.05) is 12.1 Å². The normalized spacial score (nSPS) is 9.80. The molecule has 0 aliphatic carbocycles. The Morgan fingerprint density at radius 2 is 2.00 bits per heavy atom. The first-order chi connectivity index (χ1) is 7.13. The fourth-order valence-electron chi connectivity index (χ4n) is 1.24. The minimum absolute atomic E-state index is 0.114. The van der Waals surface area contributed by atoms with Crippen LogP contribution in [-0.4, -0.2) is 31.6 Å². The van der Waals surface area contributed by atoms with Gasteiger partial charge in [-0.25, -0.2) is 9.18 Å². The first-order valence-electron chi connectivity index (χ1n) is 4.81. The number of nitrogens with one attached hydrogen (secondary N) is 1. The Balaban J connectivity index is 2.43. The summed E-state index contributed by atoms with van der Waals surface area (Å²) in [5.74, 6) is -0.238. The van der Waals surface area contributed by atoms with Gasteiger partial charge >= 0.3 is 6.03 Å². The van der Waals surface area contributed by atoms with Crippen LogP contribution in [-0.2, 0) is 6.42 Å². The Hall–Kier alpha value is -1.58. The molecule has 0 saturated heterocycles. The average Bonchev–Trinajstić information content (AvgIpc) is 2.26. The van der Waals surface area contributed by atoms with Crippen LogP contribution >= 0.6 is 0 Å². The van der Waals surface area contributed by atoms with Crippen molar-refractivity contribution in [3.05, 3.63) is 35.6 Å².